The average molecular weight is 290 g/mol. The number of rotatable bonds is 4. The number of aryl methyl sites for hydroxylation is 1. The van der Waals surface area contributed by atoms with E-state index in [1.54, 1.807) is 12.1 Å². The molecule has 1 amide bonds. The van der Waals surface area contributed by atoms with Crippen LogP contribution in [-0.2, 0) is 11.2 Å². The van der Waals surface area contributed by atoms with Crippen molar-refractivity contribution in [2.45, 2.75) is 19.8 Å². The topological polar surface area (TPSA) is 32.3 Å². The van der Waals surface area contributed by atoms with Crippen molar-refractivity contribution < 1.29 is 9.18 Å². The van der Waals surface area contributed by atoms with E-state index in [4.69, 9.17) is 0 Å². The molecule has 1 aromatic carbocycles. The van der Waals surface area contributed by atoms with Crippen molar-refractivity contribution in [1.82, 2.24) is 10.2 Å². The Kier molecular flexibility index (Phi) is 4.24. The van der Waals surface area contributed by atoms with Crippen molar-refractivity contribution in [3.63, 3.8) is 0 Å². The predicted molar refractivity (Wildman–Crippen MR) is 80.3 cm³/mol. The average Bonchev–Trinajstić information content (AvgIpc) is 3.05. The summed E-state index contributed by atoms with van der Waals surface area (Å²) in [4.78, 5) is 14.5. The summed E-state index contributed by atoms with van der Waals surface area (Å²) in [5, 5.41) is 3.39. The van der Waals surface area contributed by atoms with Crippen LogP contribution in [0.3, 0.4) is 0 Å². The highest BCUT2D eigenvalue weighted by atomic mass is 19.1. The minimum atomic E-state index is -0.202. The molecule has 21 heavy (non-hydrogen) atoms. The number of halogens is 1. The second-order valence-electron chi connectivity index (χ2n) is 6.49. The lowest BCUT2D eigenvalue weighted by molar-refractivity contribution is -0.134. The third-order valence-electron chi connectivity index (χ3n) is 4.88. The highest BCUT2D eigenvalue weighted by Gasteiger charge is 2.38. The largest absolute Gasteiger partial charge is 0.342 e. The molecule has 3 nitrogen and oxygen atoms in total. The van der Waals surface area contributed by atoms with E-state index in [0.29, 0.717) is 11.8 Å². The number of nitrogens with zero attached hydrogens (tertiary/aromatic N) is 1. The Morgan fingerprint density at radius 2 is 2.10 bits per heavy atom. The van der Waals surface area contributed by atoms with E-state index in [1.807, 2.05) is 17.9 Å². The Labute approximate surface area is 125 Å². The molecule has 0 aromatic heterocycles. The number of amides is 1. The lowest BCUT2D eigenvalue weighted by Crippen LogP contribution is -2.35. The molecule has 1 N–H and O–H groups in total. The number of likely N-dealkylation sites (tertiary alicyclic amines) is 1. The number of carbonyl (C=O) groups is 1. The zero-order valence-electron chi connectivity index (χ0n) is 12.5. The van der Waals surface area contributed by atoms with E-state index in [1.165, 1.54) is 6.07 Å². The first kappa shape index (κ1) is 14.5. The smallest absolute Gasteiger partial charge is 0.225 e. The van der Waals surface area contributed by atoms with E-state index in [0.717, 1.165) is 44.6 Å². The van der Waals surface area contributed by atoms with Crippen LogP contribution in [0, 0.1) is 23.6 Å². The Bertz CT molecular complexity index is 507. The molecular formula is C17H23FN2O. The molecule has 2 fully saturated rings. The van der Waals surface area contributed by atoms with Crippen LogP contribution in [0.2, 0.25) is 0 Å². The van der Waals surface area contributed by atoms with E-state index in [2.05, 4.69) is 5.32 Å². The van der Waals surface area contributed by atoms with Crippen LogP contribution in [0.4, 0.5) is 4.39 Å². The fourth-order valence-corrected chi connectivity index (χ4v) is 3.55. The van der Waals surface area contributed by atoms with Crippen molar-refractivity contribution in [1.29, 1.82) is 0 Å². The van der Waals surface area contributed by atoms with Gasteiger partial charge < -0.3 is 10.2 Å². The maximum atomic E-state index is 13.1. The van der Waals surface area contributed by atoms with Gasteiger partial charge in [0.05, 0.1) is 0 Å². The highest BCUT2D eigenvalue weighted by Crippen LogP contribution is 2.28. The van der Waals surface area contributed by atoms with Gasteiger partial charge >= 0.3 is 0 Å². The molecule has 114 valence electrons. The van der Waals surface area contributed by atoms with Crippen molar-refractivity contribution in [3.05, 3.63) is 35.6 Å². The lowest BCUT2D eigenvalue weighted by Gasteiger charge is -2.22. The molecule has 0 bridgehead atoms. The number of benzene rings is 1. The summed E-state index contributed by atoms with van der Waals surface area (Å²) in [7, 11) is 0. The standard InChI is InChI=1S/C17H23FN2O/c1-12(5-6-13-3-2-4-16(18)7-13)17(21)20-10-14-8-19-9-15(14)11-20/h2-4,7,12,14-15,19H,5-6,8-11H2,1H3/t12?,14-,15+. The molecule has 3 rings (SSSR count). The van der Waals surface area contributed by atoms with Crippen molar-refractivity contribution in [2.24, 2.45) is 17.8 Å². The summed E-state index contributed by atoms with van der Waals surface area (Å²) < 4.78 is 13.1. The van der Waals surface area contributed by atoms with Crippen LogP contribution in [0.1, 0.15) is 18.9 Å². The van der Waals surface area contributed by atoms with Crippen molar-refractivity contribution in [2.75, 3.05) is 26.2 Å². The Hall–Kier alpha value is -1.42. The number of hydrogen-bond acceptors (Lipinski definition) is 2. The van der Waals surface area contributed by atoms with Crippen LogP contribution >= 0.6 is 0 Å². The lowest BCUT2D eigenvalue weighted by atomic mass is 10.00. The van der Waals surface area contributed by atoms with Crippen LogP contribution < -0.4 is 5.32 Å². The normalized spacial score (nSPS) is 25.9. The van der Waals surface area contributed by atoms with Gasteiger partial charge in [-0.3, -0.25) is 4.79 Å². The highest BCUT2D eigenvalue weighted by molar-refractivity contribution is 5.78. The molecule has 3 atom stereocenters. The number of carbonyl (C=O) groups excluding carboxylic acids is 1. The van der Waals surface area contributed by atoms with Crippen molar-refractivity contribution in [3.8, 4) is 0 Å². The minimum Gasteiger partial charge on any atom is -0.342 e. The van der Waals surface area contributed by atoms with Gasteiger partial charge in [-0.1, -0.05) is 19.1 Å². The summed E-state index contributed by atoms with van der Waals surface area (Å²) >= 11 is 0. The number of fused-ring (bicyclic) bond motifs is 1. The quantitative estimate of drug-likeness (QED) is 0.921. The molecule has 0 aliphatic carbocycles. The Morgan fingerprint density at radius 1 is 1.38 bits per heavy atom. The maximum absolute atomic E-state index is 13.1. The number of nitrogens with one attached hydrogen (secondary N) is 1. The second-order valence-corrected chi connectivity index (χ2v) is 6.49. The second kappa shape index (κ2) is 6.14. The predicted octanol–water partition coefficient (Wildman–Crippen LogP) is 2.07. The molecular weight excluding hydrogens is 267 g/mol. The molecule has 2 saturated heterocycles. The first-order valence-electron chi connectivity index (χ1n) is 7.87. The fraction of sp³-hybridized carbons (Fsp3) is 0.588. The molecule has 4 heteroatoms. The van der Waals surface area contributed by atoms with Gasteiger partial charge in [0.1, 0.15) is 5.82 Å². The van der Waals surface area contributed by atoms with Crippen molar-refractivity contribution >= 4 is 5.91 Å². The fourth-order valence-electron chi connectivity index (χ4n) is 3.55. The van der Waals surface area contributed by atoms with Gasteiger partial charge in [-0.05, 0) is 42.4 Å². The monoisotopic (exact) mass is 290 g/mol. The van der Waals surface area contributed by atoms with Gasteiger partial charge in [-0.25, -0.2) is 4.39 Å². The minimum absolute atomic E-state index is 0.0139. The molecule has 1 aromatic rings. The molecule has 0 saturated carbocycles. The summed E-state index contributed by atoms with van der Waals surface area (Å²) in [6.45, 7) is 5.90. The Morgan fingerprint density at radius 3 is 2.76 bits per heavy atom. The van der Waals surface area contributed by atoms with Crippen LogP contribution in [0.15, 0.2) is 24.3 Å². The van der Waals surface area contributed by atoms with Crippen LogP contribution in [-0.4, -0.2) is 37.0 Å². The summed E-state index contributed by atoms with van der Waals surface area (Å²) in [5.74, 6) is 1.36. The molecule has 2 aliphatic heterocycles. The van der Waals surface area contributed by atoms with Gasteiger partial charge in [-0.2, -0.15) is 0 Å². The first-order valence-corrected chi connectivity index (χ1v) is 7.87. The zero-order chi connectivity index (χ0) is 14.8. The molecule has 1 unspecified atom stereocenters. The maximum Gasteiger partial charge on any atom is 0.225 e. The van der Waals surface area contributed by atoms with Crippen LogP contribution in [0.5, 0.6) is 0 Å². The van der Waals surface area contributed by atoms with E-state index >= 15 is 0 Å². The SMILES string of the molecule is CC(CCc1cccc(F)c1)C(=O)N1C[C@H]2CNC[C@H]2C1. The first-order chi connectivity index (χ1) is 10.1. The van der Waals surface area contributed by atoms with Gasteiger partial charge in [0, 0.05) is 32.1 Å². The van der Waals surface area contributed by atoms with E-state index in [9.17, 15) is 9.18 Å². The third-order valence-corrected chi connectivity index (χ3v) is 4.88. The van der Waals surface area contributed by atoms with Gasteiger partial charge in [0.15, 0.2) is 0 Å². The molecule has 2 heterocycles. The number of hydrogen-bond donors (Lipinski definition) is 1. The zero-order valence-corrected chi connectivity index (χ0v) is 12.5. The van der Waals surface area contributed by atoms with E-state index in [-0.39, 0.29) is 17.6 Å². The summed E-state index contributed by atoms with van der Waals surface area (Å²) in [6.07, 6.45) is 1.54. The van der Waals surface area contributed by atoms with E-state index < -0.39 is 0 Å². The van der Waals surface area contributed by atoms with Gasteiger partial charge in [0.25, 0.3) is 0 Å². The summed E-state index contributed by atoms with van der Waals surface area (Å²) in [5.41, 5.74) is 0.970. The van der Waals surface area contributed by atoms with Gasteiger partial charge in [-0.15, -0.1) is 0 Å². The van der Waals surface area contributed by atoms with Gasteiger partial charge in [0.2, 0.25) is 5.91 Å². The van der Waals surface area contributed by atoms with Crippen LogP contribution in [0.25, 0.3) is 0 Å². The Balaban J connectivity index is 1.51. The third kappa shape index (κ3) is 3.26. The molecule has 2 aliphatic rings. The molecule has 0 spiro atoms. The molecule has 0 radical (unpaired) electrons. The summed E-state index contributed by atoms with van der Waals surface area (Å²) in [6, 6.07) is 6.66.